The number of imidazole rings is 1. The van der Waals surface area contributed by atoms with Gasteiger partial charge in [-0.15, -0.1) is 11.3 Å². The van der Waals surface area contributed by atoms with Crippen LogP contribution in [0.25, 0.3) is 11.4 Å². The molecule has 3 aromatic rings. The van der Waals surface area contributed by atoms with Gasteiger partial charge in [-0.1, -0.05) is 24.3 Å². The molecule has 0 bridgehead atoms. The number of carbonyl (C=O) groups is 1. The number of H-pyrrole nitrogens is 1. The van der Waals surface area contributed by atoms with E-state index in [1.54, 1.807) is 23.7 Å². The summed E-state index contributed by atoms with van der Waals surface area (Å²) in [6.07, 6.45) is 8.99. The molecule has 5 heteroatoms. The predicted octanol–water partition coefficient (Wildman–Crippen LogP) is 4.77. The van der Waals surface area contributed by atoms with Crippen molar-refractivity contribution >= 4 is 17.2 Å². The summed E-state index contributed by atoms with van der Waals surface area (Å²) < 4.78 is 0. The first-order valence-electron chi connectivity index (χ1n) is 9.25. The van der Waals surface area contributed by atoms with E-state index in [-0.39, 0.29) is 5.91 Å². The van der Waals surface area contributed by atoms with Crippen LogP contribution in [-0.2, 0) is 6.42 Å². The Kier molecular flexibility index (Phi) is 5.16. The zero-order valence-electron chi connectivity index (χ0n) is 14.7. The zero-order chi connectivity index (χ0) is 17.8. The van der Waals surface area contributed by atoms with Crippen LogP contribution in [0, 0.1) is 0 Å². The number of hydrogen-bond donors (Lipinski definition) is 1. The lowest BCUT2D eigenvalue weighted by Gasteiger charge is -2.36. The van der Waals surface area contributed by atoms with Gasteiger partial charge in [-0.2, -0.15) is 0 Å². The van der Waals surface area contributed by atoms with E-state index in [2.05, 4.69) is 32.4 Å². The monoisotopic (exact) mass is 365 g/mol. The molecule has 1 N–H and O–H groups in total. The molecule has 1 aromatic carbocycles. The molecule has 4 nitrogen and oxygen atoms in total. The molecule has 1 fully saturated rings. The molecule has 4 rings (SSSR count). The Balaban J connectivity index is 1.56. The van der Waals surface area contributed by atoms with Crippen molar-refractivity contribution in [2.24, 2.45) is 0 Å². The van der Waals surface area contributed by atoms with E-state index in [1.807, 2.05) is 24.3 Å². The summed E-state index contributed by atoms with van der Waals surface area (Å²) in [5.74, 6) is 0.883. The summed E-state index contributed by atoms with van der Waals surface area (Å²) in [7, 11) is 0. The average Bonchev–Trinajstić information content (AvgIpc) is 3.40. The summed E-state index contributed by atoms with van der Waals surface area (Å²) in [5.41, 5.74) is 1.62. The molecule has 26 heavy (non-hydrogen) atoms. The number of aromatic amines is 1. The molecular formula is C21H23N3OS. The molecule has 0 aliphatic carbocycles. The normalized spacial score (nSPS) is 17.4. The van der Waals surface area contributed by atoms with Crippen LogP contribution in [0.4, 0.5) is 0 Å². The quantitative estimate of drug-likeness (QED) is 0.708. The molecule has 1 aliphatic rings. The van der Waals surface area contributed by atoms with Crippen molar-refractivity contribution in [1.82, 2.24) is 14.9 Å². The summed E-state index contributed by atoms with van der Waals surface area (Å²) in [6.45, 7) is 0.848. The van der Waals surface area contributed by atoms with Gasteiger partial charge >= 0.3 is 0 Å². The van der Waals surface area contributed by atoms with Crippen LogP contribution in [0.1, 0.15) is 40.9 Å². The van der Waals surface area contributed by atoms with Gasteiger partial charge in [0.1, 0.15) is 5.82 Å². The number of benzene rings is 1. The first-order valence-corrected chi connectivity index (χ1v) is 10.1. The molecule has 0 spiro atoms. The maximum absolute atomic E-state index is 13.4. The first-order chi connectivity index (χ1) is 12.8. The van der Waals surface area contributed by atoms with Gasteiger partial charge in [0.15, 0.2) is 0 Å². The molecule has 1 atom stereocenters. The van der Waals surface area contributed by atoms with Gasteiger partial charge in [-0.05, 0) is 49.6 Å². The van der Waals surface area contributed by atoms with Gasteiger partial charge in [0.05, 0.1) is 5.56 Å². The second-order valence-electron chi connectivity index (χ2n) is 6.75. The topological polar surface area (TPSA) is 49.0 Å². The Hall–Kier alpha value is -2.40. The number of aromatic nitrogens is 2. The Morgan fingerprint density at radius 1 is 1.23 bits per heavy atom. The molecular weight excluding hydrogens is 342 g/mol. The molecule has 134 valence electrons. The Bertz CT molecular complexity index is 842. The lowest BCUT2D eigenvalue weighted by molar-refractivity contribution is 0.0603. The number of thiophene rings is 1. The van der Waals surface area contributed by atoms with Crippen molar-refractivity contribution in [2.75, 3.05) is 6.54 Å². The van der Waals surface area contributed by atoms with Gasteiger partial charge in [0, 0.05) is 35.4 Å². The molecule has 3 heterocycles. The highest BCUT2D eigenvalue weighted by Crippen LogP contribution is 2.27. The lowest BCUT2D eigenvalue weighted by Crippen LogP contribution is -2.44. The molecule has 1 saturated heterocycles. The smallest absolute Gasteiger partial charge is 0.254 e. The fourth-order valence-electron chi connectivity index (χ4n) is 3.78. The van der Waals surface area contributed by atoms with Crippen LogP contribution >= 0.6 is 11.3 Å². The standard InChI is InChI=1S/C21H23N3OS/c25-21(19-9-2-1-8-18(19)20-22-12-13-23-20)24-14-4-3-6-16(24)10-11-17-7-5-15-26-17/h1-2,5,7-9,12-13,15-16H,3-4,6,10-11,14H2,(H,22,23). The fourth-order valence-corrected chi connectivity index (χ4v) is 4.50. The third-order valence-corrected chi connectivity index (χ3v) is 6.04. The Morgan fingerprint density at radius 3 is 2.96 bits per heavy atom. The second-order valence-corrected chi connectivity index (χ2v) is 7.78. The molecule has 1 amide bonds. The van der Waals surface area contributed by atoms with Gasteiger partial charge in [0.25, 0.3) is 5.91 Å². The summed E-state index contributed by atoms with van der Waals surface area (Å²) in [6, 6.07) is 12.4. The van der Waals surface area contributed by atoms with E-state index in [9.17, 15) is 4.79 Å². The van der Waals surface area contributed by atoms with Gasteiger partial charge in [-0.25, -0.2) is 4.98 Å². The van der Waals surface area contributed by atoms with Crippen molar-refractivity contribution in [3.8, 4) is 11.4 Å². The highest BCUT2D eigenvalue weighted by molar-refractivity contribution is 7.09. The Morgan fingerprint density at radius 2 is 2.15 bits per heavy atom. The molecule has 0 saturated carbocycles. The second kappa shape index (κ2) is 7.87. The first kappa shape index (κ1) is 17.0. The van der Waals surface area contributed by atoms with E-state index in [0.29, 0.717) is 6.04 Å². The number of nitrogens with zero attached hydrogens (tertiary/aromatic N) is 2. The largest absolute Gasteiger partial charge is 0.345 e. The van der Waals surface area contributed by atoms with Crippen LogP contribution in [-0.4, -0.2) is 33.4 Å². The van der Waals surface area contributed by atoms with Gasteiger partial charge in [-0.3, -0.25) is 4.79 Å². The predicted molar refractivity (Wildman–Crippen MR) is 105 cm³/mol. The van der Waals surface area contributed by atoms with Crippen LogP contribution in [0.3, 0.4) is 0 Å². The van der Waals surface area contributed by atoms with Crippen molar-refractivity contribution in [3.63, 3.8) is 0 Å². The van der Waals surface area contributed by atoms with Crippen LogP contribution < -0.4 is 0 Å². The number of hydrogen-bond acceptors (Lipinski definition) is 3. The highest BCUT2D eigenvalue weighted by Gasteiger charge is 2.28. The number of carbonyl (C=O) groups excluding carboxylic acids is 1. The molecule has 0 radical (unpaired) electrons. The highest BCUT2D eigenvalue weighted by atomic mass is 32.1. The van der Waals surface area contributed by atoms with E-state index in [4.69, 9.17) is 0 Å². The summed E-state index contributed by atoms with van der Waals surface area (Å²) in [4.78, 5) is 24.3. The number of aryl methyl sites for hydroxylation is 1. The Labute approximate surface area is 157 Å². The minimum absolute atomic E-state index is 0.132. The fraction of sp³-hybridized carbons (Fsp3) is 0.333. The SMILES string of the molecule is O=C(c1ccccc1-c1ncc[nH]1)N1CCCCC1CCc1cccs1. The average molecular weight is 366 g/mol. The van der Waals surface area contributed by atoms with E-state index in [1.165, 1.54) is 11.3 Å². The van der Waals surface area contributed by atoms with Crippen molar-refractivity contribution in [2.45, 2.75) is 38.1 Å². The number of rotatable bonds is 5. The number of nitrogens with one attached hydrogen (secondary N) is 1. The number of piperidine rings is 1. The third-order valence-electron chi connectivity index (χ3n) is 5.10. The van der Waals surface area contributed by atoms with Crippen LogP contribution in [0.15, 0.2) is 54.2 Å². The van der Waals surface area contributed by atoms with Crippen molar-refractivity contribution in [1.29, 1.82) is 0 Å². The maximum Gasteiger partial charge on any atom is 0.254 e. The maximum atomic E-state index is 13.4. The van der Waals surface area contributed by atoms with E-state index < -0.39 is 0 Å². The molecule has 1 aliphatic heterocycles. The van der Waals surface area contributed by atoms with E-state index >= 15 is 0 Å². The minimum atomic E-state index is 0.132. The number of amides is 1. The van der Waals surface area contributed by atoms with Crippen molar-refractivity contribution in [3.05, 3.63) is 64.6 Å². The van der Waals surface area contributed by atoms with Crippen molar-refractivity contribution < 1.29 is 4.79 Å². The molecule has 2 aromatic heterocycles. The summed E-state index contributed by atoms with van der Waals surface area (Å²) in [5, 5.41) is 2.12. The lowest BCUT2D eigenvalue weighted by atomic mass is 9.95. The van der Waals surface area contributed by atoms with Crippen LogP contribution in [0.2, 0.25) is 0 Å². The van der Waals surface area contributed by atoms with Gasteiger partial charge < -0.3 is 9.88 Å². The molecule has 1 unspecified atom stereocenters. The third kappa shape index (κ3) is 3.58. The zero-order valence-corrected chi connectivity index (χ0v) is 15.5. The number of likely N-dealkylation sites (tertiary alicyclic amines) is 1. The minimum Gasteiger partial charge on any atom is -0.345 e. The van der Waals surface area contributed by atoms with Crippen LogP contribution in [0.5, 0.6) is 0 Å². The van der Waals surface area contributed by atoms with E-state index in [0.717, 1.165) is 49.2 Å². The summed E-state index contributed by atoms with van der Waals surface area (Å²) >= 11 is 1.80. The van der Waals surface area contributed by atoms with Gasteiger partial charge in [0.2, 0.25) is 0 Å².